The van der Waals surface area contributed by atoms with Crippen molar-refractivity contribution in [2.24, 2.45) is 23.7 Å². The summed E-state index contributed by atoms with van der Waals surface area (Å²) < 4.78 is 39.3. The zero-order valence-corrected chi connectivity index (χ0v) is 29.0. The van der Waals surface area contributed by atoms with Crippen molar-refractivity contribution in [3.8, 4) is 0 Å². The van der Waals surface area contributed by atoms with Crippen molar-refractivity contribution in [3.05, 3.63) is 17.5 Å². The van der Waals surface area contributed by atoms with Crippen LogP contribution in [0.5, 0.6) is 0 Å². The lowest BCUT2D eigenvalue weighted by atomic mass is 9.92. The highest BCUT2D eigenvalue weighted by molar-refractivity contribution is 5.88. The Bertz CT molecular complexity index is 1240. The highest BCUT2D eigenvalue weighted by Gasteiger charge is 2.33. The van der Waals surface area contributed by atoms with E-state index in [0.717, 1.165) is 11.4 Å². The third kappa shape index (κ3) is 14.9. The first-order chi connectivity index (χ1) is 22.1. The van der Waals surface area contributed by atoms with Crippen LogP contribution >= 0.6 is 0 Å². The molecule has 0 saturated heterocycles. The number of aromatic nitrogens is 2. The first-order valence-electron chi connectivity index (χ1n) is 16.1. The molecule has 0 radical (unpaired) electrons. The molecule has 274 valence electrons. The van der Waals surface area contributed by atoms with Gasteiger partial charge in [0.2, 0.25) is 23.6 Å². The van der Waals surface area contributed by atoms with Crippen molar-refractivity contribution in [1.82, 2.24) is 36.2 Å². The summed E-state index contributed by atoms with van der Waals surface area (Å²) in [5.41, 5.74) is 3.99. The van der Waals surface area contributed by atoms with Gasteiger partial charge in [0, 0.05) is 18.0 Å². The summed E-state index contributed by atoms with van der Waals surface area (Å²) in [6.07, 6.45) is -7.10. The van der Waals surface area contributed by atoms with E-state index in [1.54, 1.807) is 30.8 Å². The summed E-state index contributed by atoms with van der Waals surface area (Å²) in [6.45, 7) is 12.1. The second-order valence-corrected chi connectivity index (χ2v) is 12.9. The quantitative estimate of drug-likeness (QED) is 0.126. The molecule has 2 unspecified atom stereocenters. The van der Waals surface area contributed by atoms with Gasteiger partial charge in [-0.15, -0.1) is 0 Å². The summed E-state index contributed by atoms with van der Waals surface area (Å²) in [5, 5.41) is 32.5. The summed E-state index contributed by atoms with van der Waals surface area (Å²) in [7, 11) is 0. The van der Waals surface area contributed by atoms with E-state index in [1.807, 2.05) is 33.8 Å². The van der Waals surface area contributed by atoms with Gasteiger partial charge in [-0.05, 0) is 51.0 Å². The third-order valence-corrected chi connectivity index (χ3v) is 7.69. The third-order valence-electron chi connectivity index (χ3n) is 7.69. The Labute approximate surface area is 279 Å². The van der Waals surface area contributed by atoms with Crippen molar-refractivity contribution in [1.29, 1.82) is 0 Å². The van der Waals surface area contributed by atoms with Gasteiger partial charge >= 0.3 is 12.3 Å². The number of halogens is 3. The minimum absolute atomic E-state index is 0.000253. The van der Waals surface area contributed by atoms with E-state index in [9.17, 15) is 47.4 Å². The number of carbonyl (C=O) groups excluding carboxylic acids is 4. The maximum Gasteiger partial charge on any atom is 0.426 e. The molecule has 1 aromatic heterocycles. The predicted molar refractivity (Wildman–Crippen MR) is 170 cm³/mol. The summed E-state index contributed by atoms with van der Waals surface area (Å²) in [4.78, 5) is 62.9. The number of aryl methyl sites for hydroxylation is 2. The predicted octanol–water partition coefficient (Wildman–Crippen LogP) is 2.66. The average molecular weight is 692 g/mol. The van der Waals surface area contributed by atoms with E-state index in [2.05, 4.69) is 21.2 Å². The molecule has 0 fully saturated rings. The molecule has 14 nitrogen and oxygen atoms in total. The topological polar surface area (TPSA) is 195 Å². The maximum atomic E-state index is 12.9. The molecule has 5 atom stereocenters. The number of aliphatic hydroxyl groups is 1. The van der Waals surface area contributed by atoms with Crippen LogP contribution in [0.1, 0.15) is 78.6 Å². The number of hydrogen-bond acceptors (Lipinski definition) is 7. The fraction of sp³-hybridized carbons (Fsp3) is 0.742. The Kier molecular flexibility index (Phi) is 16.8. The highest BCUT2D eigenvalue weighted by Crippen LogP contribution is 2.18. The molecule has 0 aliphatic carbocycles. The van der Waals surface area contributed by atoms with Gasteiger partial charge in [0.1, 0.15) is 12.6 Å². The van der Waals surface area contributed by atoms with Gasteiger partial charge in [0.05, 0.1) is 36.8 Å². The standard InChI is InChI=1S/C31H52F3N7O7/c1-9-22(15-41-21(8)14-20(7)38-41)28(45)39-40(30(47)48)11-10-25(43)36-23(12-17(2)3)24(42)13-19(6)27(44)37-26(18(4)5)29(46)35-16-31(32,33)34/h14,17-19,22-24,26,42H,9-13,15-16H2,1-8H3,(H,35,46)(H,36,43)(H,37,44)(H,39,45)(H,47,48)/t19-,22?,23+,24+,26?/m1/s1. The molecule has 0 aromatic carbocycles. The fourth-order valence-corrected chi connectivity index (χ4v) is 4.96. The van der Waals surface area contributed by atoms with Crippen molar-refractivity contribution < 1.29 is 47.4 Å². The molecule has 0 spiro atoms. The SMILES string of the molecule is CCC(Cn1nc(C)cc1C)C(=O)NN(CCC(=O)N[C@@H](CC(C)C)[C@@H](O)C[C@@H](C)C(=O)NC(C(=O)NCC(F)(F)F)C(C)C)C(=O)O. The Morgan fingerprint density at radius 3 is 2.08 bits per heavy atom. The van der Waals surface area contributed by atoms with Crippen LogP contribution in [0, 0.1) is 37.5 Å². The van der Waals surface area contributed by atoms with Gasteiger partial charge in [-0.3, -0.25) is 29.3 Å². The molecule has 1 rings (SSSR count). The number of nitrogens with zero attached hydrogens (tertiary/aromatic N) is 3. The lowest BCUT2D eigenvalue weighted by Gasteiger charge is -2.29. The number of nitrogens with one attached hydrogen (secondary N) is 4. The van der Waals surface area contributed by atoms with E-state index in [4.69, 9.17) is 0 Å². The molecule has 1 heterocycles. The number of amides is 5. The molecule has 6 N–H and O–H groups in total. The molecule has 0 bridgehead atoms. The minimum Gasteiger partial charge on any atom is -0.464 e. The van der Waals surface area contributed by atoms with Crippen molar-refractivity contribution >= 4 is 29.7 Å². The monoisotopic (exact) mass is 691 g/mol. The molecule has 0 saturated carbocycles. The lowest BCUT2D eigenvalue weighted by molar-refractivity contribution is -0.141. The second kappa shape index (κ2) is 19.2. The van der Waals surface area contributed by atoms with Crippen LogP contribution in [0.25, 0.3) is 0 Å². The zero-order valence-electron chi connectivity index (χ0n) is 29.0. The first kappa shape index (κ1) is 42.1. The largest absolute Gasteiger partial charge is 0.464 e. The molecule has 5 amide bonds. The number of carboxylic acid groups (broad SMARTS) is 1. The minimum atomic E-state index is -4.62. The van der Waals surface area contributed by atoms with Gasteiger partial charge in [-0.25, -0.2) is 9.80 Å². The average Bonchev–Trinajstić information content (AvgIpc) is 3.29. The Morgan fingerprint density at radius 2 is 1.60 bits per heavy atom. The molecule has 17 heteroatoms. The molecule has 0 aliphatic heterocycles. The van der Waals surface area contributed by atoms with Crippen LogP contribution in [0.3, 0.4) is 0 Å². The molecule has 48 heavy (non-hydrogen) atoms. The van der Waals surface area contributed by atoms with E-state index in [1.165, 1.54) is 6.92 Å². The molecule has 0 aliphatic rings. The Balaban J connectivity index is 2.83. The van der Waals surface area contributed by atoms with Gasteiger partial charge in [-0.2, -0.15) is 18.3 Å². The van der Waals surface area contributed by atoms with Gasteiger partial charge in [0.15, 0.2) is 0 Å². The van der Waals surface area contributed by atoms with Gasteiger partial charge in [-0.1, -0.05) is 41.5 Å². The van der Waals surface area contributed by atoms with Crippen LogP contribution < -0.4 is 21.4 Å². The van der Waals surface area contributed by atoms with Gasteiger partial charge in [0.25, 0.3) is 0 Å². The van der Waals surface area contributed by atoms with Crippen LogP contribution in [-0.2, 0) is 25.7 Å². The Morgan fingerprint density at radius 1 is 0.979 bits per heavy atom. The summed E-state index contributed by atoms with van der Waals surface area (Å²) >= 11 is 0. The molecule has 1 aromatic rings. The highest BCUT2D eigenvalue weighted by atomic mass is 19.4. The lowest BCUT2D eigenvalue weighted by Crippen LogP contribution is -2.53. The van der Waals surface area contributed by atoms with Crippen LogP contribution in [0.15, 0.2) is 6.07 Å². The van der Waals surface area contributed by atoms with E-state index in [0.29, 0.717) is 17.9 Å². The number of carbonyl (C=O) groups is 5. The summed E-state index contributed by atoms with van der Waals surface area (Å²) in [5.74, 6) is -4.82. The zero-order chi connectivity index (χ0) is 36.9. The number of hydrazine groups is 1. The number of alkyl halides is 3. The smallest absolute Gasteiger partial charge is 0.426 e. The number of hydrogen-bond donors (Lipinski definition) is 6. The fourth-order valence-electron chi connectivity index (χ4n) is 4.96. The van der Waals surface area contributed by atoms with Crippen molar-refractivity contribution in [3.63, 3.8) is 0 Å². The number of rotatable bonds is 18. The number of aliphatic hydroxyl groups excluding tert-OH is 1. The second-order valence-electron chi connectivity index (χ2n) is 12.9. The van der Waals surface area contributed by atoms with E-state index >= 15 is 0 Å². The van der Waals surface area contributed by atoms with Crippen LogP contribution in [-0.4, -0.2) is 92.2 Å². The Hall–Kier alpha value is -3.89. The molecular formula is C31H52F3N7O7. The molecular weight excluding hydrogens is 639 g/mol. The van der Waals surface area contributed by atoms with Crippen molar-refractivity contribution in [2.75, 3.05) is 13.1 Å². The van der Waals surface area contributed by atoms with Crippen LogP contribution in [0.4, 0.5) is 18.0 Å². The van der Waals surface area contributed by atoms with E-state index in [-0.39, 0.29) is 31.8 Å². The van der Waals surface area contributed by atoms with Crippen LogP contribution in [0.2, 0.25) is 0 Å². The first-order valence-corrected chi connectivity index (χ1v) is 16.1. The normalized spacial score (nSPS) is 14.9. The summed E-state index contributed by atoms with van der Waals surface area (Å²) in [6, 6.07) is -0.211. The van der Waals surface area contributed by atoms with Crippen molar-refractivity contribution in [2.45, 2.75) is 112 Å². The van der Waals surface area contributed by atoms with E-state index < -0.39 is 78.4 Å². The van der Waals surface area contributed by atoms with Gasteiger partial charge < -0.3 is 26.2 Å². The maximum absolute atomic E-state index is 12.9.